The number of anilines is 3. The van der Waals surface area contributed by atoms with Gasteiger partial charge in [-0.2, -0.15) is 9.97 Å². The summed E-state index contributed by atoms with van der Waals surface area (Å²) in [6, 6.07) is 11.0. The van der Waals surface area contributed by atoms with E-state index in [2.05, 4.69) is 25.2 Å². The van der Waals surface area contributed by atoms with Crippen LogP contribution in [-0.2, 0) is 6.42 Å². The van der Waals surface area contributed by atoms with Gasteiger partial charge >= 0.3 is 6.01 Å². The monoisotopic (exact) mass is 609 g/mol. The number of hydrogen-bond acceptors (Lipinski definition) is 9. The summed E-state index contributed by atoms with van der Waals surface area (Å²) in [7, 11) is 0. The minimum atomic E-state index is -0.749. The lowest BCUT2D eigenvalue weighted by molar-refractivity contribution is 0.108. The minimum absolute atomic E-state index is 0.0133. The molecular formula is C34H33F2N7O2. The molecule has 11 heteroatoms. The van der Waals surface area contributed by atoms with E-state index in [1.165, 1.54) is 30.6 Å². The Hall–Kier alpha value is -4.90. The van der Waals surface area contributed by atoms with E-state index in [1.54, 1.807) is 24.3 Å². The number of hydrogen-bond donors (Lipinski definition) is 4. The van der Waals surface area contributed by atoms with E-state index in [9.17, 15) is 9.50 Å². The summed E-state index contributed by atoms with van der Waals surface area (Å²) < 4.78 is 37.9. The van der Waals surface area contributed by atoms with Crippen molar-refractivity contribution in [2.75, 3.05) is 30.7 Å². The average molecular weight is 610 g/mol. The van der Waals surface area contributed by atoms with Crippen molar-refractivity contribution in [3.8, 4) is 23.0 Å². The fourth-order valence-electron chi connectivity index (χ4n) is 7.00. The lowest BCUT2D eigenvalue weighted by Crippen LogP contribution is -2.43. The van der Waals surface area contributed by atoms with Gasteiger partial charge in [0.15, 0.2) is 5.82 Å². The molecule has 9 nitrogen and oxygen atoms in total. The van der Waals surface area contributed by atoms with Crippen LogP contribution in [-0.4, -0.2) is 56.4 Å². The topological polar surface area (TPSA) is 133 Å². The van der Waals surface area contributed by atoms with Crippen LogP contribution in [0.5, 0.6) is 11.8 Å². The molecule has 2 fully saturated rings. The largest absolute Gasteiger partial charge is 0.508 e. The molecule has 0 aliphatic carbocycles. The first kappa shape index (κ1) is 28.8. The van der Waals surface area contributed by atoms with Gasteiger partial charge in [0.2, 0.25) is 0 Å². The predicted molar refractivity (Wildman–Crippen MR) is 172 cm³/mol. The lowest BCUT2D eigenvalue weighted by Gasteiger charge is -2.31. The quantitative estimate of drug-likeness (QED) is 0.113. The molecule has 5 aromatic rings. The Kier molecular flexibility index (Phi) is 7.20. The van der Waals surface area contributed by atoms with Crippen LogP contribution in [0.25, 0.3) is 32.9 Å². The van der Waals surface area contributed by atoms with Gasteiger partial charge in [-0.15, -0.1) is 0 Å². The first-order valence-corrected chi connectivity index (χ1v) is 15.2. The molecule has 45 heavy (non-hydrogen) atoms. The van der Waals surface area contributed by atoms with E-state index >= 15 is 4.39 Å². The maximum absolute atomic E-state index is 16.7. The van der Waals surface area contributed by atoms with E-state index in [0.29, 0.717) is 51.7 Å². The van der Waals surface area contributed by atoms with Crippen molar-refractivity contribution in [1.29, 1.82) is 5.41 Å². The Bertz CT molecular complexity index is 1970. The second-order valence-electron chi connectivity index (χ2n) is 11.8. The zero-order chi connectivity index (χ0) is 31.3. The third-order valence-electron chi connectivity index (χ3n) is 9.21. The fourth-order valence-corrected chi connectivity index (χ4v) is 7.00. The van der Waals surface area contributed by atoms with Crippen LogP contribution >= 0.6 is 0 Å². The molecule has 0 unspecified atom stereocenters. The number of fused-ring (bicyclic) bond motifs is 3. The molecule has 0 saturated carbocycles. The summed E-state index contributed by atoms with van der Waals surface area (Å²) >= 11 is 0. The van der Waals surface area contributed by atoms with Crippen LogP contribution < -0.4 is 15.8 Å². The molecule has 2 saturated heterocycles. The minimum Gasteiger partial charge on any atom is -0.508 e. The van der Waals surface area contributed by atoms with Gasteiger partial charge in [-0.1, -0.05) is 13.0 Å². The molecule has 4 heterocycles. The normalized spacial score (nSPS) is 15.9. The smallest absolute Gasteiger partial charge is 0.319 e. The average Bonchev–Trinajstić information content (AvgIpc) is 3.61. The van der Waals surface area contributed by atoms with Crippen molar-refractivity contribution in [3.63, 3.8) is 0 Å². The molecule has 230 valence electrons. The summed E-state index contributed by atoms with van der Waals surface area (Å²) in [5.41, 5.74) is 8.14. The second kappa shape index (κ2) is 11.2. The molecule has 0 atom stereocenters. The lowest BCUT2D eigenvalue weighted by atomic mass is 9.94. The van der Waals surface area contributed by atoms with Crippen molar-refractivity contribution < 1.29 is 18.6 Å². The standard InChI is InChI=1S/C34H33F2N7O2/c1-2-23-26(35)8-6-19-13-22(44)15-24(28(19)23)30-29(36)31-25(17-39-30)32(40-21-7-5-20(16-37)27(38)14-21)42-33(41-31)45-18-34-9-3-11-43(34)12-4-10-34/h5-8,13-17,37,44H,2-4,9-12,18,38H2,1H3,(H,40,41,42). The van der Waals surface area contributed by atoms with Gasteiger partial charge in [-0.25, -0.2) is 8.78 Å². The maximum Gasteiger partial charge on any atom is 0.319 e. The molecule has 0 bridgehead atoms. The molecule has 0 amide bonds. The van der Waals surface area contributed by atoms with Gasteiger partial charge in [0.05, 0.1) is 10.9 Å². The van der Waals surface area contributed by atoms with Crippen molar-refractivity contribution >= 4 is 45.1 Å². The molecule has 2 aromatic heterocycles. The first-order chi connectivity index (χ1) is 21.8. The molecule has 7 rings (SSSR count). The van der Waals surface area contributed by atoms with Gasteiger partial charge in [0, 0.05) is 34.9 Å². The summed E-state index contributed by atoms with van der Waals surface area (Å²) in [6.07, 6.45) is 7.24. The Labute approximate surface area is 258 Å². The Morgan fingerprint density at radius 2 is 1.91 bits per heavy atom. The zero-order valence-corrected chi connectivity index (χ0v) is 24.8. The number of nitrogen functional groups attached to an aromatic ring is 1. The van der Waals surface area contributed by atoms with Crippen molar-refractivity contribution in [2.24, 2.45) is 0 Å². The number of phenolic OH excluding ortho intramolecular Hbond substituents is 1. The highest BCUT2D eigenvalue weighted by molar-refractivity contribution is 6.02. The molecular weight excluding hydrogens is 576 g/mol. The van der Waals surface area contributed by atoms with Crippen LogP contribution in [0.4, 0.5) is 26.0 Å². The van der Waals surface area contributed by atoms with Crippen molar-refractivity contribution in [3.05, 3.63) is 71.4 Å². The molecule has 2 aliphatic rings. The number of benzene rings is 3. The molecule has 5 N–H and O–H groups in total. The van der Waals surface area contributed by atoms with Gasteiger partial charge in [-0.05, 0) is 97.9 Å². The number of phenols is 1. The Morgan fingerprint density at radius 3 is 2.64 bits per heavy atom. The summed E-state index contributed by atoms with van der Waals surface area (Å²) in [5, 5.41) is 22.6. The number of aryl methyl sites for hydroxylation is 1. The number of ether oxygens (including phenoxy) is 1. The Morgan fingerprint density at radius 1 is 1.11 bits per heavy atom. The number of pyridine rings is 1. The van der Waals surface area contributed by atoms with Gasteiger partial charge in [0.25, 0.3) is 0 Å². The Balaban J connectivity index is 1.38. The highest BCUT2D eigenvalue weighted by Crippen LogP contribution is 2.41. The van der Waals surface area contributed by atoms with Crippen LogP contribution in [0.3, 0.4) is 0 Å². The number of aromatic hydroxyl groups is 1. The summed E-state index contributed by atoms with van der Waals surface area (Å²) in [4.78, 5) is 16.1. The molecule has 3 aromatic carbocycles. The third kappa shape index (κ3) is 4.97. The number of nitrogens with two attached hydrogens (primary N) is 1. The van der Waals surface area contributed by atoms with Crippen molar-refractivity contribution in [2.45, 2.75) is 44.6 Å². The van der Waals surface area contributed by atoms with Gasteiger partial charge in [0.1, 0.15) is 35.2 Å². The number of aromatic nitrogens is 3. The van der Waals surface area contributed by atoms with Crippen LogP contribution in [0.2, 0.25) is 0 Å². The van der Waals surface area contributed by atoms with E-state index in [0.717, 1.165) is 38.8 Å². The van der Waals surface area contributed by atoms with E-state index in [1.807, 2.05) is 6.92 Å². The maximum atomic E-state index is 16.7. The highest BCUT2D eigenvalue weighted by atomic mass is 19.1. The van der Waals surface area contributed by atoms with Crippen LogP contribution in [0.1, 0.15) is 43.7 Å². The first-order valence-electron chi connectivity index (χ1n) is 15.2. The number of rotatable bonds is 8. The number of halogens is 2. The SMILES string of the molecule is CCc1c(F)ccc2cc(O)cc(-c3ncc4c(Nc5ccc(C=N)c(N)c5)nc(OCC56CCCN5CCC6)nc4c3F)c12. The van der Waals surface area contributed by atoms with E-state index in [-0.39, 0.29) is 39.9 Å². The second-order valence-corrected chi connectivity index (χ2v) is 11.8. The summed E-state index contributed by atoms with van der Waals surface area (Å²) in [5.74, 6) is -0.989. The van der Waals surface area contributed by atoms with Gasteiger partial charge < -0.3 is 26.3 Å². The molecule has 2 aliphatic heterocycles. The number of nitrogens with zero attached hydrogens (tertiary/aromatic N) is 4. The van der Waals surface area contributed by atoms with Crippen LogP contribution in [0, 0.1) is 17.0 Å². The molecule has 0 spiro atoms. The third-order valence-corrected chi connectivity index (χ3v) is 9.21. The molecule has 0 radical (unpaired) electrons. The van der Waals surface area contributed by atoms with Crippen LogP contribution in [0.15, 0.2) is 48.7 Å². The summed E-state index contributed by atoms with van der Waals surface area (Å²) in [6.45, 7) is 4.27. The van der Waals surface area contributed by atoms with E-state index < -0.39 is 11.6 Å². The highest BCUT2D eigenvalue weighted by Gasteiger charge is 2.45. The van der Waals surface area contributed by atoms with Crippen molar-refractivity contribution in [1.82, 2.24) is 19.9 Å². The fraction of sp³-hybridized carbons (Fsp3) is 0.294. The predicted octanol–water partition coefficient (Wildman–Crippen LogP) is 6.72. The zero-order valence-electron chi connectivity index (χ0n) is 24.8. The van der Waals surface area contributed by atoms with E-state index in [4.69, 9.17) is 15.9 Å². The number of nitrogens with one attached hydrogen (secondary N) is 2. The van der Waals surface area contributed by atoms with Gasteiger partial charge in [-0.3, -0.25) is 9.88 Å².